The van der Waals surface area contributed by atoms with Crippen LogP contribution in [0, 0.1) is 22.2 Å². The van der Waals surface area contributed by atoms with Crippen LogP contribution in [0.3, 0.4) is 0 Å². The van der Waals surface area contributed by atoms with Crippen LogP contribution in [-0.2, 0) is 4.79 Å². The van der Waals surface area contributed by atoms with Crippen molar-refractivity contribution in [1.82, 2.24) is 5.32 Å². The van der Waals surface area contributed by atoms with Crippen molar-refractivity contribution >= 4 is 5.91 Å². The highest BCUT2D eigenvalue weighted by Crippen LogP contribution is 2.70. The first-order chi connectivity index (χ1) is 9.77. The van der Waals surface area contributed by atoms with Gasteiger partial charge in [0.05, 0.1) is 6.10 Å². The van der Waals surface area contributed by atoms with Crippen LogP contribution in [0.25, 0.3) is 0 Å². The molecule has 0 radical (unpaired) electrons. The Bertz CT molecular complexity index is 450. The maximum absolute atomic E-state index is 12.5. The van der Waals surface area contributed by atoms with E-state index in [4.69, 9.17) is 0 Å². The van der Waals surface area contributed by atoms with Crippen molar-refractivity contribution in [2.75, 3.05) is 0 Å². The van der Waals surface area contributed by atoms with Gasteiger partial charge in [0.15, 0.2) is 0 Å². The van der Waals surface area contributed by atoms with Crippen molar-refractivity contribution in [3.8, 4) is 0 Å². The summed E-state index contributed by atoms with van der Waals surface area (Å²) in [5.41, 5.74) is 1.25. The Balaban J connectivity index is 1.45. The number of rotatable bonds is 3. The summed E-state index contributed by atoms with van der Waals surface area (Å²) in [7, 11) is 0. The predicted molar refractivity (Wildman–Crippen MR) is 81.6 cm³/mol. The third-order valence-electron chi connectivity index (χ3n) is 6.76. The molecule has 2 unspecified atom stereocenters. The molecule has 5 saturated carbocycles. The van der Waals surface area contributed by atoms with E-state index in [1.165, 1.54) is 38.5 Å². The lowest BCUT2D eigenvalue weighted by molar-refractivity contribution is -0.156. The third kappa shape index (κ3) is 2.42. The van der Waals surface area contributed by atoms with Gasteiger partial charge in [0, 0.05) is 12.5 Å². The molecule has 5 aliphatic carbocycles. The van der Waals surface area contributed by atoms with E-state index in [9.17, 15) is 9.90 Å². The SMILES string of the molecule is CC12CC3CC(C)(C1)CC(CC(=O)NC1CC(O)C1)(C3)C2. The third-order valence-corrected chi connectivity index (χ3v) is 6.76. The zero-order valence-corrected chi connectivity index (χ0v) is 13.5. The van der Waals surface area contributed by atoms with Gasteiger partial charge in [-0.2, -0.15) is 0 Å². The van der Waals surface area contributed by atoms with Crippen LogP contribution >= 0.6 is 0 Å². The normalized spacial score (nSPS) is 54.3. The molecule has 5 aliphatic rings. The fraction of sp³-hybridized carbons (Fsp3) is 0.944. The summed E-state index contributed by atoms with van der Waals surface area (Å²) in [5, 5.41) is 12.5. The Hall–Kier alpha value is -0.570. The summed E-state index contributed by atoms with van der Waals surface area (Å²) in [6, 6.07) is 0.229. The van der Waals surface area contributed by atoms with Gasteiger partial charge in [-0.1, -0.05) is 13.8 Å². The van der Waals surface area contributed by atoms with Gasteiger partial charge in [0.25, 0.3) is 0 Å². The smallest absolute Gasteiger partial charge is 0.220 e. The van der Waals surface area contributed by atoms with Gasteiger partial charge in [-0.05, 0) is 73.5 Å². The fourth-order valence-electron chi connectivity index (χ4n) is 7.21. The second-order valence-corrected chi connectivity index (χ2v) is 9.70. The molecule has 4 bridgehead atoms. The van der Waals surface area contributed by atoms with Gasteiger partial charge in [-0.25, -0.2) is 0 Å². The van der Waals surface area contributed by atoms with Gasteiger partial charge < -0.3 is 10.4 Å². The van der Waals surface area contributed by atoms with Gasteiger partial charge in [-0.15, -0.1) is 0 Å². The molecular weight excluding hydrogens is 262 g/mol. The largest absolute Gasteiger partial charge is 0.393 e. The predicted octanol–water partition coefficient (Wildman–Crippen LogP) is 3.01. The molecule has 0 aromatic carbocycles. The van der Waals surface area contributed by atoms with Gasteiger partial charge in [0.1, 0.15) is 0 Å². The van der Waals surface area contributed by atoms with E-state index < -0.39 is 0 Å². The summed E-state index contributed by atoms with van der Waals surface area (Å²) in [6.45, 7) is 4.93. The Labute approximate surface area is 127 Å². The molecule has 0 spiro atoms. The van der Waals surface area contributed by atoms with Crippen LogP contribution in [-0.4, -0.2) is 23.2 Å². The molecule has 5 fully saturated rings. The molecule has 1 amide bonds. The van der Waals surface area contributed by atoms with E-state index in [0.29, 0.717) is 10.8 Å². The number of hydrogen-bond acceptors (Lipinski definition) is 2. The molecule has 3 nitrogen and oxygen atoms in total. The standard InChI is InChI=1S/C18H29NO2/c1-16-5-12-6-17(2,9-16)11-18(7-12,10-16)8-15(21)19-13-3-14(20)4-13/h12-14,20H,3-11H2,1-2H3,(H,19,21). The van der Waals surface area contributed by atoms with Crippen LogP contribution < -0.4 is 5.32 Å². The van der Waals surface area contributed by atoms with E-state index in [-0.39, 0.29) is 23.5 Å². The molecule has 3 heteroatoms. The highest BCUT2D eigenvalue weighted by Gasteiger charge is 2.60. The number of carbonyl (C=O) groups excluding carboxylic acids is 1. The Morgan fingerprint density at radius 2 is 1.71 bits per heavy atom. The number of nitrogens with one attached hydrogen (secondary N) is 1. The molecule has 5 rings (SSSR count). The monoisotopic (exact) mass is 291 g/mol. The van der Waals surface area contributed by atoms with Gasteiger partial charge in [0.2, 0.25) is 5.91 Å². The van der Waals surface area contributed by atoms with E-state index in [2.05, 4.69) is 19.2 Å². The zero-order valence-electron chi connectivity index (χ0n) is 13.5. The molecule has 0 aromatic rings. The van der Waals surface area contributed by atoms with Gasteiger partial charge in [-0.3, -0.25) is 4.79 Å². The van der Waals surface area contributed by atoms with Crippen molar-refractivity contribution in [3.05, 3.63) is 0 Å². The minimum absolute atomic E-state index is 0.187. The molecular formula is C18H29NO2. The van der Waals surface area contributed by atoms with Crippen molar-refractivity contribution in [3.63, 3.8) is 0 Å². The second kappa shape index (κ2) is 4.24. The Morgan fingerprint density at radius 1 is 1.10 bits per heavy atom. The Kier molecular flexibility index (Phi) is 2.84. The molecule has 0 heterocycles. The number of hydrogen-bond donors (Lipinski definition) is 2. The molecule has 21 heavy (non-hydrogen) atoms. The van der Waals surface area contributed by atoms with Crippen molar-refractivity contribution in [1.29, 1.82) is 0 Å². The number of aliphatic hydroxyl groups excluding tert-OH is 1. The van der Waals surface area contributed by atoms with Crippen LogP contribution in [0.5, 0.6) is 0 Å². The maximum atomic E-state index is 12.5. The van der Waals surface area contributed by atoms with E-state index in [1.54, 1.807) is 0 Å². The highest BCUT2D eigenvalue weighted by molar-refractivity contribution is 5.77. The molecule has 0 aliphatic heterocycles. The summed E-state index contributed by atoms with van der Waals surface area (Å²) >= 11 is 0. The van der Waals surface area contributed by atoms with E-state index in [1.807, 2.05) is 0 Å². The second-order valence-electron chi connectivity index (χ2n) is 9.70. The number of aliphatic hydroxyl groups is 1. The van der Waals surface area contributed by atoms with Crippen molar-refractivity contribution < 1.29 is 9.90 Å². The molecule has 0 saturated heterocycles. The fourth-order valence-corrected chi connectivity index (χ4v) is 7.21. The lowest BCUT2D eigenvalue weighted by Gasteiger charge is -2.65. The van der Waals surface area contributed by atoms with Crippen LogP contribution in [0.1, 0.15) is 71.6 Å². The first-order valence-electron chi connectivity index (χ1n) is 8.75. The lowest BCUT2D eigenvalue weighted by Crippen LogP contribution is -2.56. The lowest BCUT2D eigenvalue weighted by atomic mass is 9.40. The molecule has 118 valence electrons. The van der Waals surface area contributed by atoms with Crippen LogP contribution in [0.4, 0.5) is 0 Å². The van der Waals surface area contributed by atoms with Crippen LogP contribution in [0.2, 0.25) is 0 Å². The maximum Gasteiger partial charge on any atom is 0.220 e. The summed E-state index contributed by atoms with van der Waals surface area (Å²) in [5.74, 6) is 1.09. The topological polar surface area (TPSA) is 49.3 Å². The minimum Gasteiger partial charge on any atom is -0.393 e. The Morgan fingerprint density at radius 3 is 2.24 bits per heavy atom. The average molecular weight is 291 g/mol. The summed E-state index contributed by atoms with van der Waals surface area (Å²) < 4.78 is 0. The van der Waals surface area contributed by atoms with Gasteiger partial charge >= 0.3 is 0 Å². The van der Waals surface area contributed by atoms with Crippen molar-refractivity contribution in [2.45, 2.75) is 83.8 Å². The quantitative estimate of drug-likeness (QED) is 0.840. The molecule has 0 aromatic heterocycles. The van der Waals surface area contributed by atoms with Crippen LogP contribution in [0.15, 0.2) is 0 Å². The molecule has 2 atom stereocenters. The summed E-state index contributed by atoms with van der Waals surface area (Å²) in [4.78, 5) is 12.5. The van der Waals surface area contributed by atoms with E-state index >= 15 is 0 Å². The van der Waals surface area contributed by atoms with Crippen molar-refractivity contribution in [2.24, 2.45) is 22.2 Å². The average Bonchev–Trinajstić information content (AvgIpc) is 2.20. The molecule has 2 N–H and O–H groups in total. The zero-order chi connectivity index (χ0) is 14.9. The highest BCUT2D eigenvalue weighted by atomic mass is 16.3. The first-order valence-corrected chi connectivity index (χ1v) is 8.75. The van der Waals surface area contributed by atoms with E-state index in [0.717, 1.165) is 25.2 Å². The summed E-state index contributed by atoms with van der Waals surface area (Å²) in [6.07, 6.45) is 9.97. The first kappa shape index (κ1) is 14.0. The number of carbonyl (C=O) groups is 1. The minimum atomic E-state index is -0.187. The number of amides is 1.